The Balaban J connectivity index is 1.91. The first-order chi connectivity index (χ1) is 12.3. The molecule has 0 amide bonds. The molecule has 1 aliphatic heterocycles. The van der Waals surface area contributed by atoms with Gasteiger partial charge >= 0.3 is 6.18 Å². The van der Waals surface area contributed by atoms with Crippen LogP contribution >= 0.6 is 0 Å². The number of halogens is 3. The average molecular weight is 373 g/mol. The van der Waals surface area contributed by atoms with Crippen LogP contribution in [-0.2, 0) is 19.0 Å². The highest BCUT2D eigenvalue weighted by molar-refractivity contribution is 5.40. The Morgan fingerprint density at radius 1 is 1.23 bits per heavy atom. The van der Waals surface area contributed by atoms with Gasteiger partial charge in [0.1, 0.15) is 0 Å². The molecule has 2 heterocycles. The second-order valence-corrected chi connectivity index (χ2v) is 7.48. The number of hydrogen-bond donors (Lipinski definition) is 2. The molecule has 26 heavy (non-hydrogen) atoms. The van der Waals surface area contributed by atoms with Gasteiger partial charge in [0.15, 0.2) is 5.69 Å². The molecule has 1 fully saturated rings. The zero-order chi connectivity index (χ0) is 18.9. The van der Waals surface area contributed by atoms with E-state index in [1.54, 1.807) is 4.90 Å². The van der Waals surface area contributed by atoms with E-state index in [9.17, 15) is 23.4 Å². The van der Waals surface area contributed by atoms with Crippen LogP contribution in [-0.4, -0.2) is 46.0 Å². The van der Waals surface area contributed by atoms with Crippen LogP contribution in [0.25, 0.3) is 0 Å². The van der Waals surface area contributed by atoms with Crippen molar-refractivity contribution in [1.29, 1.82) is 0 Å². The Bertz CT molecular complexity index is 653. The van der Waals surface area contributed by atoms with E-state index < -0.39 is 23.4 Å². The fourth-order valence-corrected chi connectivity index (χ4v) is 4.21. The van der Waals surface area contributed by atoms with Crippen LogP contribution in [0.2, 0.25) is 0 Å². The van der Waals surface area contributed by atoms with Crippen molar-refractivity contribution in [2.75, 3.05) is 24.6 Å². The summed E-state index contributed by atoms with van der Waals surface area (Å²) in [6, 6.07) is 0. The summed E-state index contributed by atoms with van der Waals surface area (Å²) in [6.07, 6.45) is -0.897. The number of rotatable bonds is 4. The zero-order valence-electron chi connectivity index (χ0n) is 15.0. The lowest BCUT2D eigenvalue weighted by atomic mass is 9.73. The fourth-order valence-electron chi connectivity index (χ4n) is 4.21. The van der Waals surface area contributed by atoms with Gasteiger partial charge in [0.2, 0.25) is 5.95 Å². The van der Waals surface area contributed by atoms with Gasteiger partial charge in [0.25, 0.3) is 0 Å². The highest BCUT2D eigenvalue weighted by atomic mass is 19.4. The van der Waals surface area contributed by atoms with Crippen molar-refractivity contribution in [1.82, 2.24) is 9.97 Å². The number of anilines is 1. The lowest BCUT2D eigenvalue weighted by Crippen LogP contribution is -2.53. The Labute approximate surface area is 151 Å². The average Bonchev–Trinajstić information content (AvgIpc) is 2.62. The Hall–Kier alpha value is -1.41. The van der Waals surface area contributed by atoms with Gasteiger partial charge in [-0.05, 0) is 38.5 Å². The summed E-state index contributed by atoms with van der Waals surface area (Å²) >= 11 is 0. The van der Waals surface area contributed by atoms with Crippen LogP contribution in [0.5, 0.6) is 0 Å². The molecule has 3 rings (SSSR count). The van der Waals surface area contributed by atoms with E-state index >= 15 is 0 Å². The quantitative estimate of drug-likeness (QED) is 0.849. The largest absolute Gasteiger partial charge is 0.433 e. The van der Waals surface area contributed by atoms with Gasteiger partial charge in [-0.3, -0.25) is 0 Å². The van der Waals surface area contributed by atoms with E-state index in [-0.39, 0.29) is 24.7 Å². The summed E-state index contributed by atoms with van der Waals surface area (Å²) in [5.41, 5.74) is -0.720. The maximum atomic E-state index is 13.5. The molecule has 2 aliphatic rings. The molecule has 0 radical (unpaired) electrons. The molecule has 0 spiro atoms. The third-order valence-corrected chi connectivity index (χ3v) is 5.77. The Morgan fingerprint density at radius 3 is 2.58 bits per heavy atom. The standard InChI is InChI=1S/C18H26F3N3O2/c1-2-7-17(11-25)8-9-24(10-14(17)26)16-22-13-6-4-3-5-12(13)15(23-16)18(19,20)21/h14,25-26H,2-11H2,1H3/t14-,17+/m0/s1. The molecule has 1 aromatic rings. The molecular formula is C18H26F3N3O2. The van der Waals surface area contributed by atoms with E-state index in [1.165, 1.54) is 0 Å². The van der Waals surface area contributed by atoms with Crippen LogP contribution in [0.15, 0.2) is 0 Å². The second kappa shape index (κ2) is 7.31. The van der Waals surface area contributed by atoms with Crippen molar-refractivity contribution in [3.63, 3.8) is 0 Å². The summed E-state index contributed by atoms with van der Waals surface area (Å²) < 4.78 is 40.5. The molecule has 2 atom stereocenters. The molecule has 146 valence electrons. The number of aliphatic hydroxyl groups excluding tert-OH is 2. The molecule has 0 aromatic carbocycles. The number of piperidine rings is 1. The molecule has 5 nitrogen and oxygen atoms in total. The van der Waals surface area contributed by atoms with Crippen LogP contribution in [0, 0.1) is 5.41 Å². The smallest absolute Gasteiger partial charge is 0.396 e. The van der Waals surface area contributed by atoms with Gasteiger partial charge in [0.05, 0.1) is 12.7 Å². The van der Waals surface area contributed by atoms with Gasteiger partial charge in [-0.2, -0.15) is 13.2 Å². The van der Waals surface area contributed by atoms with Crippen LogP contribution in [0.3, 0.4) is 0 Å². The van der Waals surface area contributed by atoms with Gasteiger partial charge < -0.3 is 15.1 Å². The SMILES string of the molecule is CCC[C@]1(CO)CCN(c2nc3c(c(C(F)(F)F)n2)CCCC3)C[C@@H]1O. The molecule has 1 aromatic heterocycles. The first-order valence-corrected chi connectivity index (χ1v) is 9.31. The number of aromatic nitrogens is 2. The number of alkyl halides is 3. The monoisotopic (exact) mass is 373 g/mol. The van der Waals surface area contributed by atoms with E-state index in [4.69, 9.17) is 0 Å². The minimum atomic E-state index is -4.51. The van der Waals surface area contributed by atoms with Crippen molar-refractivity contribution in [3.05, 3.63) is 17.0 Å². The Kier molecular flexibility index (Phi) is 5.44. The van der Waals surface area contributed by atoms with Crippen molar-refractivity contribution in [3.8, 4) is 0 Å². The first kappa shape index (κ1) is 19.4. The molecule has 1 saturated heterocycles. The second-order valence-electron chi connectivity index (χ2n) is 7.48. The van der Waals surface area contributed by atoms with Gasteiger partial charge in [-0.25, -0.2) is 9.97 Å². The third kappa shape index (κ3) is 3.53. The highest BCUT2D eigenvalue weighted by Crippen LogP contribution is 2.39. The number of fused-ring (bicyclic) bond motifs is 1. The van der Waals surface area contributed by atoms with E-state index in [2.05, 4.69) is 9.97 Å². The predicted molar refractivity (Wildman–Crippen MR) is 90.9 cm³/mol. The number of β-amino-alcohol motifs (C(OH)–C–C–N with tert-alkyl or cyclic N) is 1. The lowest BCUT2D eigenvalue weighted by molar-refractivity contribution is -0.142. The maximum Gasteiger partial charge on any atom is 0.433 e. The summed E-state index contributed by atoms with van der Waals surface area (Å²) in [6.45, 7) is 2.41. The number of aryl methyl sites for hydroxylation is 1. The van der Waals surface area contributed by atoms with E-state index in [0.717, 1.165) is 19.3 Å². The van der Waals surface area contributed by atoms with Crippen molar-refractivity contribution < 1.29 is 23.4 Å². The van der Waals surface area contributed by atoms with Crippen molar-refractivity contribution in [2.24, 2.45) is 5.41 Å². The van der Waals surface area contributed by atoms with Gasteiger partial charge in [0, 0.05) is 29.8 Å². The number of hydrogen-bond acceptors (Lipinski definition) is 5. The normalized spacial score (nSPS) is 26.7. The minimum Gasteiger partial charge on any atom is -0.396 e. The third-order valence-electron chi connectivity index (χ3n) is 5.77. The molecule has 1 aliphatic carbocycles. The van der Waals surface area contributed by atoms with Crippen LogP contribution in [0.1, 0.15) is 56.0 Å². The molecular weight excluding hydrogens is 347 g/mol. The van der Waals surface area contributed by atoms with Crippen molar-refractivity contribution in [2.45, 2.75) is 64.1 Å². The van der Waals surface area contributed by atoms with Gasteiger partial charge in [-0.15, -0.1) is 0 Å². The van der Waals surface area contributed by atoms with Gasteiger partial charge in [-0.1, -0.05) is 13.3 Å². The maximum absolute atomic E-state index is 13.5. The highest BCUT2D eigenvalue weighted by Gasteiger charge is 2.43. The van der Waals surface area contributed by atoms with Crippen LogP contribution in [0.4, 0.5) is 19.1 Å². The van der Waals surface area contributed by atoms with Crippen LogP contribution < -0.4 is 4.90 Å². The molecule has 0 bridgehead atoms. The topological polar surface area (TPSA) is 69.5 Å². The minimum absolute atomic E-state index is 0.0417. The fraction of sp³-hybridized carbons (Fsp3) is 0.778. The Morgan fingerprint density at radius 2 is 1.96 bits per heavy atom. The summed E-state index contributed by atoms with van der Waals surface area (Å²) in [4.78, 5) is 9.88. The number of nitrogens with zero attached hydrogens (tertiary/aromatic N) is 3. The summed E-state index contributed by atoms with van der Waals surface area (Å²) in [5, 5.41) is 20.3. The molecule has 0 saturated carbocycles. The molecule has 0 unspecified atom stereocenters. The first-order valence-electron chi connectivity index (χ1n) is 9.31. The molecule has 8 heteroatoms. The zero-order valence-corrected chi connectivity index (χ0v) is 15.0. The lowest BCUT2D eigenvalue weighted by Gasteiger charge is -2.44. The van der Waals surface area contributed by atoms with E-state index in [0.29, 0.717) is 37.9 Å². The van der Waals surface area contributed by atoms with E-state index in [1.807, 2.05) is 6.92 Å². The molecule has 2 N–H and O–H groups in total. The summed E-state index contributed by atoms with van der Waals surface area (Å²) in [7, 11) is 0. The predicted octanol–water partition coefficient (Wildman–Crippen LogP) is 2.72. The summed E-state index contributed by atoms with van der Waals surface area (Å²) in [5.74, 6) is 0.0417. The number of aliphatic hydroxyl groups is 2. The van der Waals surface area contributed by atoms with Crippen molar-refractivity contribution >= 4 is 5.95 Å².